The van der Waals surface area contributed by atoms with Crippen LogP contribution in [0.5, 0.6) is 11.5 Å². The summed E-state index contributed by atoms with van der Waals surface area (Å²) in [6, 6.07) is 5.64. The van der Waals surface area contributed by atoms with Crippen molar-refractivity contribution in [2.75, 3.05) is 30.4 Å². The van der Waals surface area contributed by atoms with Gasteiger partial charge in [0.1, 0.15) is 13.2 Å². The van der Waals surface area contributed by atoms with E-state index in [0.717, 1.165) is 36.6 Å². The van der Waals surface area contributed by atoms with Crippen molar-refractivity contribution >= 4 is 17.5 Å². The maximum atomic E-state index is 5.56. The van der Waals surface area contributed by atoms with Crippen LogP contribution in [-0.2, 0) is 0 Å². The molecule has 2 aromatic rings. The molecule has 1 aromatic carbocycles. The summed E-state index contributed by atoms with van der Waals surface area (Å²) in [5.41, 5.74) is 0.830. The highest BCUT2D eigenvalue weighted by Crippen LogP contribution is 2.33. The Morgan fingerprint density at radius 3 is 2.91 bits per heavy atom. The van der Waals surface area contributed by atoms with Crippen molar-refractivity contribution in [3.63, 3.8) is 0 Å². The van der Waals surface area contributed by atoms with Crippen molar-refractivity contribution in [3.8, 4) is 11.5 Å². The topological polar surface area (TPSA) is 81.2 Å². The van der Waals surface area contributed by atoms with E-state index in [1.54, 1.807) is 6.20 Å². The Kier molecular flexibility index (Phi) is 4.53. The van der Waals surface area contributed by atoms with Gasteiger partial charge in [0.15, 0.2) is 17.3 Å². The summed E-state index contributed by atoms with van der Waals surface area (Å²) in [4.78, 5) is 4.38. The molecule has 0 fully saturated rings. The molecule has 7 nitrogen and oxygen atoms in total. The fraction of sp³-hybridized carbons (Fsp3) is 0.400. The van der Waals surface area contributed by atoms with Gasteiger partial charge in [-0.05, 0) is 18.6 Å². The smallest absolute Gasteiger partial charge is 0.249 e. The highest BCUT2D eigenvalue weighted by molar-refractivity contribution is 5.60. The predicted molar refractivity (Wildman–Crippen MR) is 83.9 cm³/mol. The number of aromatic nitrogens is 3. The highest BCUT2D eigenvalue weighted by Gasteiger charge is 2.12. The fourth-order valence-corrected chi connectivity index (χ4v) is 2.09. The number of fused-ring (bicyclic) bond motifs is 1. The molecule has 1 aliphatic rings. The molecule has 0 spiro atoms. The number of unbranched alkanes of at least 4 members (excludes halogenated alkanes) is 1. The minimum Gasteiger partial charge on any atom is -0.486 e. The average Bonchev–Trinajstić information content (AvgIpc) is 2.55. The van der Waals surface area contributed by atoms with Crippen LogP contribution in [-0.4, -0.2) is 34.9 Å². The van der Waals surface area contributed by atoms with Gasteiger partial charge in [-0.3, -0.25) is 0 Å². The maximum absolute atomic E-state index is 5.56. The maximum Gasteiger partial charge on any atom is 0.249 e. The number of hydrogen-bond donors (Lipinski definition) is 2. The van der Waals surface area contributed by atoms with Gasteiger partial charge in [0.05, 0.1) is 6.20 Å². The second-order valence-corrected chi connectivity index (χ2v) is 4.93. The monoisotopic (exact) mass is 301 g/mol. The van der Waals surface area contributed by atoms with Gasteiger partial charge in [-0.2, -0.15) is 10.1 Å². The average molecular weight is 301 g/mol. The van der Waals surface area contributed by atoms with E-state index in [0.29, 0.717) is 25.0 Å². The van der Waals surface area contributed by atoms with Gasteiger partial charge in [0.2, 0.25) is 5.95 Å². The first-order valence-electron chi connectivity index (χ1n) is 7.45. The summed E-state index contributed by atoms with van der Waals surface area (Å²) in [6.07, 6.45) is 3.84. The summed E-state index contributed by atoms with van der Waals surface area (Å²) in [7, 11) is 0. The van der Waals surface area contributed by atoms with Crippen LogP contribution in [0.15, 0.2) is 24.4 Å². The van der Waals surface area contributed by atoms with E-state index >= 15 is 0 Å². The molecular weight excluding hydrogens is 282 g/mol. The van der Waals surface area contributed by atoms with Gasteiger partial charge in [0, 0.05) is 18.3 Å². The van der Waals surface area contributed by atoms with Crippen molar-refractivity contribution in [1.82, 2.24) is 15.2 Å². The van der Waals surface area contributed by atoms with Crippen LogP contribution >= 0.6 is 0 Å². The minimum absolute atomic E-state index is 0.443. The summed E-state index contributed by atoms with van der Waals surface area (Å²) in [6.45, 7) is 4.16. The second-order valence-electron chi connectivity index (χ2n) is 4.93. The first-order chi connectivity index (χ1) is 10.8. The zero-order valence-electron chi connectivity index (χ0n) is 12.5. The van der Waals surface area contributed by atoms with Gasteiger partial charge in [0.25, 0.3) is 0 Å². The molecule has 0 saturated carbocycles. The van der Waals surface area contributed by atoms with Crippen LogP contribution in [0.3, 0.4) is 0 Å². The van der Waals surface area contributed by atoms with Crippen molar-refractivity contribution in [1.29, 1.82) is 0 Å². The lowest BCUT2D eigenvalue weighted by molar-refractivity contribution is 0.171. The summed E-state index contributed by atoms with van der Waals surface area (Å²) in [5.74, 6) is 2.63. The van der Waals surface area contributed by atoms with Crippen molar-refractivity contribution in [2.45, 2.75) is 19.8 Å². The Bertz CT molecular complexity index is 635. The van der Waals surface area contributed by atoms with E-state index < -0.39 is 0 Å². The van der Waals surface area contributed by atoms with Gasteiger partial charge in [-0.1, -0.05) is 13.3 Å². The number of anilines is 3. The standard InChI is InChI=1S/C15H19N5O2/c1-2-3-6-16-14-10-17-20-15(19-14)18-11-4-5-12-13(9-11)22-8-7-21-12/h4-5,9-10H,2-3,6-8H2,1H3,(H2,16,18,19,20). The molecule has 0 saturated heterocycles. The quantitative estimate of drug-likeness (QED) is 0.794. The van der Waals surface area contributed by atoms with Gasteiger partial charge in [-0.25, -0.2) is 0 Å². The molecule has 1 aliphatic heterocycles. The first kappa shape index (κ1) is 14.4. The Balaban J connectivity index is 1.68. The summed E-state index contributed by atoms with van der Waals surface area (Å²) in [5, 5.41) is 14.3. The van der Waals surface area contributed by atoms with E-state index in [4.69, 9.17) is 9.47 Å². The lowest BCUT2D eigenvalue weighted by atomic mass is 10.2. The SMILES string of the molecule is CCCCNc1cnnc(Nc2ccc3c(c2)OCCO3)n1. The zero-order chi connectivity index (χ0) is 15.2. The lowest BCUT2D eigenvalue weighted by Crippen LogP contribution is -2.15. The van der Waals surface area contributed by atoms with E-state index in [9.17, 15) is 0 Å². The number of hydrogen-bond acceptors (Lipinski definition) is 7. The molecular formula is C15H19N5O2. The second kappa shape index (κ2) is 6.93. The molecule has 7 heteroatoms. The normalized spacial score (nSPS) is 12.8. The lowest BCUT2D eigenvalue weighted by Gasteiger charge is -2.18. The number of nitrogens with zero attached hydrogens (tertiary/aromatic N) is 3. The molecule has 2 heterocycles. The molecule has 1 aromatic heterocycles. The van der Waals surface area contributed by atoms with Crippen molar-refractivity contribution < 1.29 is 9.47 Å². The molecule has 0 radical (unpaired) electrons. The molecule has 0 bridgehead atoms. The Hall–Kier alpha value is -2.57. The Morgan fingerprint density at radius 1 is 1.18 bits per heavy atom. The van der Waals surface area contributed by atoms with E-state index in [1.807, 2.05) is 18.2 Å². The van der Waals surface area contributed by atoms with Crippen LogP contribution in [0.1, 0.15) is 19.8 Å². The van der Waals surface area contributed by atoms with Crippen molar-refractivity contribution in [2.24, 2.45) is 0 Å². The van der Waals surface area contributed by atoms with E-state index in [1.165, 1.54) is 0 Å². The number of ether oxygens (including phenoxy) is 2. The molecule has 0 unspecified atom stereocenters. The minimum atomic E-state index is 0.443. The molecule has 3 rings (SSSR count). The van der Waals surface area contributed by atoms with Gasteiger partial charge in [-0.15, -0.1) is 5.10 Å². The van der Waals surface area contributed by atoms with Crippen LogP contribution < -0.4 is 20.1 Å². The number of benzene rings is 1. The van der Waals surface area contributed by atoms with Crippen LogP contribution in [0, 0.1) is 0 Å². The molecule has 2 N–H and O–H groups in total. The number of rotatable bonds is 6. The highest BCUT2D eigenvalue weighted by atomic mass is 16.6. The summed E-state index contributed by atoms with van der Waals surface area (Å²) < 4.78 is 11.1. The summed E-state index contributed by atoms with van der Waals surface area (Å²) >= 11 is 0. The van der Waals surface area contributed by atoms with Crippen LogP contribution in [0.25, 0.3) is 0 Å². The fourth-order valence-electron chi connectivity index (χ4n) is 2.09. The molecule has 0 atom stereocenters. The number of nitrogens with one attached hydrogen (secondary N) is 2. The predicted octanol–water partition coefficient (Wildman–Crippen LogP) is 2.60. The zero-order valence-corrected chi connectivity index (χ0v) is 12.5. The van der Waals surface area contributed by atoms with E-state index in [2.05, 4.69) is 32.7 Å². The third-order valence-corrected chi connectivity index (χ3v) is 3.19. The van der Waals surface area contributed by atoms with Crippen LogP contribution in [0.4, 0.5) is 17.5 Å². The van der Waals surface area contributed by atoms with E-state index in [-0.39, 0.29) is 0 Å². The van der Waals surface area contributed by atoms with Gasteiger partial charge < -0.3 is 20.1 Å². The molecule has 22 heavy (non-hydrogen) atoms. The van der Waals surface area contributed by atoms with Crippen molar-refractivity contribution in [3.05, 3.63) is 24.4 Å². The largest absolute Gasteiger partial charge is 0.486 e. The third-order valence-electron chi connectivity index (χ3n) is 3.19. The Morgan fingerprint density at radius 2 is 2.05 bits per heavy atom. The molecule has 116 valence electrons. The molecule has 0 aliphatic carbocycles. The Labute approximate surface area is 129 Å². The molecule has 0 amide bonds. The van der Waals surface area contributed by atoms with Gasteiger partial charge >= 0.3 is 0 Å². The first-order valence-corrected chi connectivity index (χ1v) is 7.45. The third kappa shape index (κ3) is 3.55. The van der Waals surface area contributed by atoms with Crippen LogP contribution in [0.2, 0.25) is 0 Å².